The van der Waals surface area contributed by atoms with Crippen molar-refractivity contribution in [1.29, 1.82) is 5.26 Å². The van der Waals surface area contributed by atoms with E-state index in [0.717, 1.165) is 24.9 Å². The quantitative estimate of drug-likeness (QED) is 0.191. The molecule has 0 aliphatic carbocycles. The summed E-state index contributed by atoms with van der Waals surface area (Å²) in [6.07, 6.45) is 21.4. The molecule has 0 saturated carbocycles. The smallest absolute Gasteiger partial charge is 0.227 e. The topological polar surface area (TPSA) is 44.1 Å². The summed E-state index contributed by atoms with van der Waals surface area (Å²) < 4.78 is 0. The van der Waals surface area contributed by atoms with Crippen molar-refractivity contribution in [3.63, 3.8) is 0 Å². The maximum Gasteiger partial charge on any atom is 0.227 e. The van der Waals surface area contributed by atoms with Crippen LogP contribution in [0.4, 0.5) is 5.69 Å². The fourth-order valence-corrected chi connectivity index (χ4v) is 6.06. The Morgan fingerprint density at radius 2 is 1.42 bits per heavy atom. The van der Waals surface area contributed by atoms with Crippen LogP contribution in [0.15, 0.2) is 18.2 Å². The third kappa shape index (κ3) is 9.91. The second-order valence-corrected chi connectivity index (χ2v) is 12.4. The van der Waals surface area contributed by atoms with Crippen LogP contribution in [0.2, 0.25) is 0 Å². The Kier molecular flexibility index (Phi) is 13.0. The predicted octanol–water partition coefficient (Wildman–Crippen LogP) is 9.80. The maximum absolute atomic E-state index is 13.2. The average Bonchev–Trinajstić information content (AvgIpc) is 3.12. The zero-order chi connectivity index (χ0) is 26.4. The van der Waals surface area contributed by atoms with Crippen LogP contribution in [0.25, 0.3) is 0 Å². The normalized spacial score (nSPS) is 17.3. The van der Waals surface area contributed by atoms with Gasteiger partial charge in [-0.1, -0.05) is 121 Å². The van der Waals surface area contributed by atoms with Gasteiger partial charge in [-0.05, 0) is 45.2 Å². The Hall–Kier alpha value is -1.82. The Labute approximate surface area is 223 Å². The molecule has 1 unspecified atom stereocenters. The van der Waals surface area contributed by atoms with Crippen LogP contribution < -0.4 is 4.90 Å². The second-order valence-electron chi connectivity index (χ2n) is 12.4. The van der Waals surface area contributed by atoms with Gasteiger partial charge in [-0.15, -0.1) is 0 Å². The number of unbranched alkanes of at least 4 members (excludes halogenated alkanes) is 14. The Morgan fingerprint density at radius 1 is 0.917 bits per heavy atom. The van der Waals surface area contributed by atoms with E-state index in [1.165, 1.54) is 94.6 Å². The van der Waals surface area contributed by atoms with Gasteiger partial charge in [-0.3, -0.25) is 4.79 Å². The number of anilines is 1. The summed E-state index contributed by atoms with van der Waals surface area (Å²) in [5.41, 5.74) is 2.92. The highest BCUT2D eigenvalue weighted by Crippen LogP contribution is 2.47. The SMILES string of the molecule is CCCCCCCCCCCCCCCCCC(=O)N1CC(C)(CC(C)(C)C#N)c2cc(C)ccc21. The highest BCUT2D eigenvalue weighted by Gasteiger charge is 2.44. The first-order chi connectivity index (χ1) is 17.2. The predicted molar refractivity (Wildman–Crippen MR) is 154 cm³/mol. The number of carbonyl (C=O) groups excluding carboxylic acids is 1. The number of rotatable bonds is 18. The number of benzene rings is 1. The first kappa shape index (κ1) is 30.4. The molecule has 202 valence electrons. The van der Waals surface area contributed by atoms with Crippen molar-refractivity contribution in [2.24, 2.45) is 5.41 Å². The fourth-order valence-electron chi connectivity index (χ4n) is 6.06. The number of hydrogen-bond acceptors (Lipinski definition) is 2. The van der Waals surface area contributed by atoms with E-state index in [2.05, 4.69) is 45.0 Å². The molecule has 1 heterocycles. The van der Waals surface area contributed by atoms with Crippen molar-refractivity contribution in [3.05, 3.63) is 29.3 Å². The number of aryl methyl sites for hydroxylation is 1. The van der Waals surface area contributed by atoms with Gasteiger partial charge in [-0.2, -0.15) is 5.26 Å². The molecule has 3 heteroatoms. The minimum absolute atomic E-state index is 0.175. The molecule has 0 bridgehead atoms. The van der Waals surface area contributed by atoms with Crippen LogP contribution in [-0.4, -0.2) is 12.5 Å². The van der Waals surface area contributed by atoms with Crippen LogP contribution in [-0.2, 0) is 10.2 Å². The number of fused-ring (bicyclic) bond motifs is 1. The summed E-state index contributed by atoms with van der Waals surface area (Å²) in [6, 6.07) is 8.90. The van der Waals surface area contributed by atoms with Crippen molar-refractivity contribution < 1.29 is 4.79 Å². The summed E-state index contributed by atoms with van der Waals surface area (Å²) in [5.74, 6) is 0.244. The zero-order valence-corrected chi connectivity index (χ0v) is 24.3. The molecular weight excluding hydrogens is 440 g/mol. The first-order valence-electron chi connectivity index (χ1n) is 15.1. The second kappa shape index (κ2) is 15.4. The van der Waals surface area contributed by atoms with E-state index in [-0.39, 0.29) is 11.3 Å². The third-order valence-electron chi connectivity index (χ3n) is 8.03. The van der Waals surface area contributed by atoms with Crippen LogP contribution in [0.5, 0.6) is 0 Å². The van der Waals surface area contributed by atoms with Gasteiger partial charge >= 0.3 is 0 Å². The van der Waals surface area contributed by atoms with Crippen LogP contribution in [0, 0.1) is 23.7 Å². The molecular formula is C33H54N2O. The number of carbonyl (C=O) groups is 1. The Morgan fingerprint density at radius 3 is 1.92 bits per heavy atom. The van der Waals surface area contributed by atoms with Gasteiger partial charge in [-0.25, -0.2) is 0 Å². The van der Waals surface area contributed by atoms with E-state index in [0.29, 0.717) is 13.0 Å². The van der Waals surface area contributed by atoms with Crippen LogP contribution >= 0.6 is 0 Å². The Balaban J connectivity index is 1.64. The van der Waals surface area contributed by atoms with Gasteiger partial charge in [0.2, 0.25) is 5.91 Å². The monoisotopic (exact) mass is 494 g/mol. The molecule has 1 aromatic rings. The van der Waals surface area contributed by atoms with Gasteiger partial charge in [0.25, 0.3) is 0 Å². The van der Waals surface area contributed by atoms with E-state index in [1.807, 2.05) is 18.7 Å². The zero-order valence-electron chi connectivity index (χ0n) is 24.3. The highest BCUT2D eigenvalue weighted by molar-refractivity contribution is 5.96. The molecule has 3 nitrogen and oxygen atoms in total. The number of nitrogens with zero attached hydrogens (tertiary/aromatic N) is 2. The molecule has 1 atom stereocenters. The van der Waals surface area contributed by atoms with Crippen molar-refractivity contribution in [2.75, 3.05) is 11.4 Å². The number of nitriles is 1. The van der Waals surface area contributed by atoms with Crippen LogP contribution in [0.3, 0.4) is 0 Å². The van der Waals surface area contributed by atoms with Crippen molar-refractivity contribution in [1.82, 2.24) is 0 Å². The van der Waals surface area contributed by atoms with Gasteiger partial charge < -0.3 is 4.90 Å². The minimum Gasteiger partial charge on any atom is -0.311 e. The lowest BCUT2D eigenvalue weighted by Gasteiger charge is -2.31. The largest absolute Gasteiger partial charge is 0.311 e. The molecule has 0 aromatic heterocycles. The van der Waals surface area contributed by atoms with E-state index in [9.17, 15) is 10.1 Å². The van der Waals surface area contributed by atoms with Gasteiger partial charge in [0, 0.05) is 24.1 Å². The van der Waals surface area contributed by atoms with Crippen molar-refractivity contribution in [2.45, 2.75) is 149 Å². The average molecular weight is 495 g/mol. The van der Waals surface area contributed by atoms with Crippen molar-refractivity contribution in [3.8, 4) is 6.07 Å². The van der Waals surface area contributed by atoms with Crippen LogP contribution in [0.1, 0.15) is 148 Å². The highest BCUT2D eigenvalue weighted by atomic mass is 16.2. The van der Waals surface area contributed by atoms with E-state index >= 15 is 0 Å². The first-order valence-corrected chi connectivity index (χ1v) is 15.1. The molecule has 2 rings (SSSR count). The molecule has 1 aromatic carbocycles. The van der Waals surface area contributed by atoms with E-state index in [1.54, 1.807) is 0 Å². The maximum atomic E-state index is 13.2. The molecule has 1 amide bonds. The molecule has 1 aliphatic rings. The number of amides is 1. The lowest BCUT2D eigenvalue weighted by molar-refractivity contribution is -0.118. The minimum atomic E-state index is -0.414. The number of hydrogen-bond donors (Lipinski definition) is 0. The molecule has 0 fully saturated rings. The third-order valence-corrected chi connectivity index (χ3v) is 8.03. The summed E-state index contributed by atoms with van der Waals surface area (Å²) in [5, 5.41) is 9.62. The summed E-state index contributed by atoms with van der Waals surface area (Å²) in [7, 11) is 0. The molecule has 0 N–H and O–H groups in total. The standard InChI is InChI=1S/C33H54N2O/c1-6-7-8-9-10-11-12-13-14-15-16-17-18-19-20-21-31(36)35-27-33(5,25-32(3,4)26-34)29-24-28(2)22-23-30(29)35/h22-24H,6-21,25,27H2,1-5H3. The Bertz CT molecular complexity index is 837. The lowest BCUT2D eigenvalue weighted by Crippen LogP contribution is -2.37. The van der Waals surface area contributed by atoms with Crippen molar-refractivity contribution >= 4 is 11.6 Å². The van der Waals surface area contributed by atoms with Gasteiger partial charge in [0.05, 0.1) is 11.5 Å². The van der Waals surface area contributed by atoms with Gasteiger partial charge in [0.1, 0.15) is 0 Å². The van der Waals surface area contributed by atoms with E-state index in [4.69, 9.17) is 0 Å². The molecule has 1 aliphatic heterocycles. The fraction of sp³-hybridized carbons (Fsp3) is 0.758. The summed E-state index contributed by atoms with van der Waals surface area (Å²) in [6.45, 7) is 11.3. The molecule has 0 spiro atoms. The lowest BCUT2D eigenvalue weighted by atomic mass is 9.71. The molecule has 0 saturated heterocycles. The molecule has 0 radical (unpaired) electrons. The summed E-state index contributed by atoms with van der Waals surface area (Å²) >= 11 is 0. The molecule has 36 heavy (non-hydrogen) atoms. The van der Waals surface area contributed by atoms with E-state index < -0.39 is 5.41 Å². The summed E-state index contributed by atoms with van der Waals surface area (Å²) in [4.78, 5) is 15.2. The van der Waals surface area contributed by atoms with Gasteiger partial charge in [0.15, 0.2) is 0 Å².